The third kappa shape index (κ3) is 7.57. The zero-order valence-electron chi connectivity index (χ0n) is 29.4. The Kier molecular flexibility index (Phi) is 10.8. The molecule has 3 unspecified atom stereocenters. The summed E-state index contributed by atoms with van der Waals surface area (Å²) in [5.74, 6) is -6.64. The number of carbonyl (C=O) groups excluding carboxylic acids is 1. The lowest BCUT2D eigenvalue weighted by Crippen LogP contribution is -2.48. The first-order valence-corrected chi connectivity index (χ1v) is 17.2. The van der Waals surface area contributed by atoms with Crippen molar-refractivity contribution in [3.05, 3.63) is 120 Å². The predicted molar refractivity (Wildman–Crippen MR) is 190 cm³/mol. The third-order valence-corrected chi connectivity index (χ3v) is 9.88. The largest absolute Gasteiger partial charge is 0.391 e. The average molecular weight is 733 g/mol. The van der Waals surface area contributed by atoms with Gasteiger partial charge in [0.15, 0.2) is 5.60 Å². The van der Waals surface area contributed by atoms with Crippen molar-refractivity contribution in [1.82, 2.24) is 30.1 Å². The smallest absolute Gasteiger partial charge is 0.323 e. The molecule has 3 atom stereocenters. The Morgan fingerprint density at radius 3 is 2.02 bits per heavy atom. The van der Waals surface area contributed by atoms with E-state index in [1.807, 2.05) is 55.5 Å². The lowest BCUT2D eigenvalue weighted by atomic mass is 9.84. The molecule has 0 spiro atoms. The van der Waals surface area contributed by atoms with Gasteiger partial charge in [0.05, 0.1) is 18.7 Å². The lowest BCUT2D eigenvalue weighted by molar-refractivity contribution is -0.207. The molecule has 11 nitrogen and oxygen atoms in total. The highest BCUT2D eigenvalue weighted by atomic mass is 19.3. The second-order valence-corrected chi connectivity index (χ2v) is 13.2. The number of likely N-dealkylation sites (N-methyl/N-ethyl adjacent to an activating group) is 1. The van der Waals surface area contributed by atoms with Gasteiger partial charge in [-0.2, -0.15) is 8.78 Å². The quantitative estimate of drug-likeness (QED) is 0.166. The number of halogens is 4. The molecule has 1 saturated heterocycles. The van der Waals surface area contributed by atoms with Crippen LogP contribution in [0.5, 0.6) is 0 Å². The zero-order chi connectivity index (χ0) is 37.9. The molecule has 1 fully saturated rings. The molecule has 0 bridgehead atoms. The summed E-state index contributed by atoms with van der Waals surface area (Å²) in [4.78, 5) is 23.0. The van der Waals surface area contributed by atoms with Crippen molar-refractivity contribution in [2.75, 3.05) is 43.0 Å². The first kappa shape index (κ1) is 37.4. The van der Waals surface area contributed by atoms with E-state index in [2.05, 4.69) is 30.3 Å². The van der Waals surface area contributed by atoms with Gasteiger partial charge >= 0.3 is 5.92 Å². The number of aromatic nitrogens is 5. The molecule has 0 radical (unpaired) electrons. The Bertz CT molecular complexity index is 1990. The number of hydrogen-bond donors (Lipinski definition) is 2. The topological polar surface area (TPSA) is 124 Å². The lowest BCUT2D eigenvalue weighted by Gasteiger charge is -2.37. The molecular formula is C38H40F4N8O3. The molecule has 278 valence electrons. The molecule has 5 aromatic rings. The molecule has 3 heterocycles. The number of anilines is 2. The van der Waals surface area contributed by atoms with E-state index in [1.54, 1.807) is 18.9 Å². The van der Waals surface area contributed by atoms with Crippen LogP contribution in [0.15, 0.2) is 91.4 Å². The number of alkyl halides is 2. The van der Waals surface area contributed by atoms with Gasteiger partial charge < -0.3 is 24.9 Å². The number of hydrogen-bond acceptors (Lipinski definition) is 9. The van der Waals surface area contributed by atoms with E-state index >= 15 is 8.78 Å². The summed E-state index contributed by atoms with van der Waals surface area (Å²) in [5, 5.41) is 31.8. The van der Waals surface area contributed by atoms with Gasteiger partial charge in [-0.15, -0.1) is 5.10 Å². The van der Waals surface area contributed by atoms with E-state index in [-0.39, 0.29) is 11.9 Å². The average Bonchev–Trinajstić information content (AvgIpc) is 3.67. The number of aliphatic hydroxyl groups is 2. The van der Waals surface area contributed by atoms with Crippen LogP contribution < -0.4 is 9.80 Å². The van der Waals surface area contributed by atoms with Crippen molar-refractivity contribution in [2.24, 2.45) is 0 Å². The first-order valence-electron chi connectivity index (χ1n) is 17.2. The summed E-state index contributed by atoms with van der Waals surface area (Å²) in [6.07, 6.45) is 2.27. The van der Waals surface area contributed by atoms with E-state index in [1.165, 1.54) is 12.3 Å². The minimum Gasteiger partial charge on any atom is -0.391 e. The van der Waals surface area contributed by atoms with E-state index in [0.717, 1.165) is 72.3 Å². The summed E-state index contributed by atoms with van der Waals surface area (Å²) < 4.78 is 61.6. The second-order valence-electron chi connectivity index (χ2n) is 13.2. The van der Waals surface area contributed by atoms with Crippen LogP contribution in [0.3, 0.4) is 0 Å². The molecule has 1 amide bonds. The van der Waals surface area contributed by atoms with Crippen LogP contribution in [0, 0.1) is 11.6 Å². The molecule has 2 aromatic heterocycles. The normalized spacial score (nSPS) is 15.9. The number of benzene rings is 3. The summed E-state index contributed by atoms with van der Waals surface area (Å²) in [5.41, 5.74) is -1.05. The van der Waals surface area contributed by atoms with Crippen molar-refractivity contribution < 1.29 is 32.6 Å². The first-order chi connectivity index (χ1) is 25.3. The summed E-state index contributed by atoms with van der Waals surface area (Å²) in [6, 6.07) is 19.4. The summed E-state index contributed by atoms with van der Waals surface area (Å²) in [6.45, 7) is 5.71. The van der Waals surface area contributed by atoms with Gasteiger partial charge in [-0.3, -0.25) is 9.78 Å². The Hall–Kier alpha value is -5.41. The van der Waals surface area contributed by atoms with Crippen LogP contribution >= 0.6 is 0 Å². The SMILES string of the molecule is CCC(C(C)O)N(C)C(=O)c1ccc(N2CCN(c3ccc(-c4ccc(C(F)(F)C(O)(Cn5cnnn5)c5ccc(F)cc5F)nc4)cc3)CC2)cc1. The fourth-order valence-corrected chi connectivity index (χ4v) is 6.82. The number of nitrogens with zero attached hydrogens (tertiary/aromatic N) is 8. The van der Waals surface area contributed by atoms with Gasteiger partial charge in [0.2, 0.25) is 0 Å². The molecule has 1 aliphatic rings. The molecule has 0 saturated carbocycles. The van der Waals surface area contributed by atoms with Crippen LogP contribution in [0.1, 0.15) is 41.9 Å². The number of pyridine rings is 1. The zero-order valence-corrected chi connectivity index (χ0v) is 29.4. The molecule has 3 aromatic carbocycles. The minimum atomic E-state index is -4.16. The van der Waals surface area contributed by atoms with Crippen molar-refractivity contribution in [2.45, 2.75) is 50.5 Å². The van der Waals surface area contributed by atoms with Crippen LogP contribution in [0.4, 0.5) is 28.9 Å². The minimum absolute atomic E-state index is 0.134. The molecule has 6 rings (SSSR count). The summed E-state index contributed by atoms with van der Waals surface area (Å²) in [7, 11) is 1.71. The number of piperazine rings is 1. The summed E-state index contributed by atoms with van der Waals surface area (Å²) >= 11 is 0. The highest BCUT2D eigenvalue weighted by Gasteiger charge is 2.58. The fourth-order valence-electron chi connectivity index (χ4n) is 6.82. The number of aliphatic hydroxyl groups excluding tert-OH is 1. The van der Waals surface area contributed by atoms with Crippen molar-refractivity contribution in [1.29, 1.82) is 0 Å². The van der Waals surface area contributed by atoms with E-state index in [9.17, 15) is 23.8 Å². The Balaban J connectivity index is 1.11. The second kappa shape index (κ2) is 15.3. The van der Waals surface area contributed by atoms with Gasteiger partial charge in [0.1, 0.15) is 23.7 Å². The Labute approximate surface area is 304 Å². The van der Waals surface area contributed by atoms with Crippen molar-refractivity contribution >= 4 is 17.3 Å². The monoisotopic (exact) mass is 732 g/mol. The molecule has 0 aliphatic carbocycles. The van der Waals surface area contributed by atoms with Crippen LogP contribution in [-0.4, -0.2) is 91.6 Å². The maximum Gasteiger partial charge on any atom is 0.323 e. The Morgan fingerprint density at radius 1 is 0.906 bits per heavy atom. The number of carbonyl (C=O) groups is 1. The predicted octanol–water partition coefficient (Wildman–Crippen LogP) is 5.25. The number of tetrazole rings is 1. The molecule has 1 aliphatic heterocycles. The van der Waals surface area contributed by atoms with E-state index in [0.29, 0.717) is 23.6 Å². The van der Waals surface area contributed by atoms with Gasteiger partial charge in [-0.25, -0.2) is 13.5 Å². The van der Waals surface area contributed by atoms with Gasteiger partial charge in [0.25, 0.3) is 5.91 Å². The molecule has 15 heteroatoms. The number of rotatable bonds is 12. The van der Waals surface area contributed by atoms with Crippen LogP contribution in [0.25, 0.3) is 11.1 Å². The van der Waals surface area contributed by atoms with Crippen LogP contribution in [0.2, 0.25) is 0 Å². The number of amides is 1. The van der Waals surface area contributed by atoms with Crippen LogP contribution in [-0.2, 0) is 18.1 Å². The fraction of sp³-hybridized carbons (Fsp3) is 0.342. The maximum atomic E-state index is 16.1. The molecular weight excluding hydrogens is 692 g/mol. The molecule has 2 N–H and O–H groups in total. The highest BCUT2D eigenvalue weighted by molar-refractivity contribution is 5.94. The van der Waals surface area contributed by atoms with Crippen molar-refractivity contribution in [3.8, 4) is 11.1 Å². The van der Waals surface area contributed by atoms with Gasteiger partial charge in [-0.1, -0.05) is 25.1 Å². The molecule has 53 heavy (non-hydrogen) atoms. The van der Waals surface area contributed by atoms with Crippen molar-refractivity contribution in [3.63, 3.8) is 0 Å². The van der Waals surface area contributed by atoms with E-state index in [4.69, 9.17) is 0 Å². The third-order valence-electron chi connectivity index (χ3n) is 9.88. The van der Waals surface area contributed by atoms with Gasteiger partial charge in [-0.05, 0) is 83.9 Å². The Morgan fingerprint density at radius 2 is 1.51 bits per heavy atom. The highest BCUT2D eigenvalue weighted by Crippen LogP contribution is 2.47. The standard InChI is InChI=1S/C38H40F4N8O3/c1-4-34(25(2)51)47(3)36(52)27-7-13-31(14-8-27)49-19-17-48(18-20-49)30-11-5-26(6-12-30)28-9-16-35(43-22-28)38(41,42)37(53,23-50-24-44-45-46-50)32-15-10-29(39)21-33(32)40/h5-16,21-22,24-25,34,51,53H,4,17-20,23H2,1-3H3. The maximum absolute atomic E-state index is 16.1. The van der Waals surface area contributed by atoms with Gasteiger partial charge in [0, 0.05) is 73.6 Å². The van der Waals surface area contributed by atoms with E-state index < -0.39 is 47.1 Å².